The molecule has 0 amide bonds. The van der Waals surface area contributed by atoms with Crippen LogP contribution in [0.4, 0.5) is 0 Å². The molecular weight excluding hydrogens is 272 g/mol. The molecule has 0 spiro atoms. The molecule has 22 heavy (non-hydrogen) atoms. The maximum atomic E-state index is 10.4. The molecule has 2 aromatic rings. The Hall–Kier alpha value is -1.96. The van der Waals surface area contributed by atoms with Gasteiger partial charge in [0.25, 0.3) is 0 Å². The van der Waals surface area contributed by atoms with Crippen molar-refractivity contribution in [2.75, 3.05) is 0 Å². The number of aromatic hydroxyl groups is 2. The van der Waals surface area contributed by atoms with Gasteiger partial charge in [-0.2, -0.15) is 0 Å². The van der Waals surface area contributed by atoms with Gasteiger partial charge in [-0.1, -0.05) is 39.0 Å². The summed E-state index contributed by atoms with van der Waals surface area (Å²) in [5.74, 6) is 0.694. The van der Waals surface area contributed by atoms with Gasteiger partial charge >= 0.3 is 0 Å². The van der Waals surface area contributed by atoms with Gasteiger partial charge in [0.15, 0.2) is 0 Å². The predicted octanol–water partition coefficient (Wildman–Crippen LogP) is 4.91. The standard InChI is InChI=1S/C20H26O2/c1-12-7-9-15(19(22)14(12)3)11-16-13(2)8-10-17(21)18(16)20(4,5)6/h7-10,21-22H,11H2,1-6H3. The molecular formula is C20H26O2. The summed E-state index contributed by atoms with van der Waals surface area (Å²) in [6.45, 7) is 12.3. The van der Waals surface area contributed by atoms with Gasteiger partial charge in [0.2, 0.25) is 0 Å². The molecule has 2 aromatic carbocycles. The molecule has 0 atom stereocenters. The lowest BCUT2D eigenvalue weighted by Gasteiger charge is -2.26. The second-order valence-corrected chi connectivity index (χ2v) is 7.20. The Morgan fingerprint density at radius 3 is 2.05 bits per heavy atom. The highest BCUT2D eigenvalue weighted by atomic mass is 16.3. The van der Waals surface area contributed by atoms with Crippen molar-refractivity contribution in [1.82, 2.24) is 0 Å². The first kappa shape index (κ1) is 16.4. The normalized spacial score (nSPS) is 11.7. The maximum Gasteiger partial charge on any atom is 0.122 e. The summed E-state index contributed by atoms with van der Waals surface area (Å²) in [6, 6.07) is 7.73. The van der Waals surface area contributed by atoms with E-state index in [0.717, 1.165) is 33.4 Å². The first-order valence-corrected chi connectivity index (χ1v) is 7.73. The summed E-state index contributed by atoms with van der Waals surface area (Å²) in [7, 11) is 0. The molecule has 2 N–H and O–H groups in total. The Balaban J connectivity index is 2.60. The van der Waals surface area contributed by atoms with Crippen LogP contribution in [0.3, 0.4) is 0 Å². The van der Waals surface area contributed by atoms with Crippen LogP contribution in [0.5, 0.6) is 11.5 Å². The van der Waals surface area contributed by atoms with Gasteiger partial charge < -0.3 is 10.2 Å². The van der Waals surface area contributed by atoms with Crippen LogP contribution in [-0.2, 0) is 11.8 Å². The van der Waals surface area contributed by atoms with Crippen molar-refractivity contribution < 1.29 is 10.2 Å². The number of benzene rings is 2. The van der Waals surface area contributed by atoms with E-state index in [0.29, 0.717) is 17.9 Å². The topological polar surface area (TPSA) is 40.5 Å². The second-order valence-electron chi connectivity index (χ2n) is 7.20. The van der Waals surface area contributed by atoms with E-state index < -0.39 is 0 Å². The number of phenolic OH excluding ortho intramolecular Hbond substituents is 2. The third-order valence-corrected chi connectivity index (χ3v) is 4.43. The number of aryl methyl sites for hydroxylation is 2. The van der Waals surface area contributed by atoms with Crippen molar-refractivity contribution in [3.05, 3.63) is 57.6 Å². The van der Waals surface area contributed by atoms with E-state index in [1.54, 1.807) is 6.07 Å². The van der Waals surface area contributed by atoms with Crippen molar-refractivity contribution in [2.24, 2.45) is 0 Å². The Morgan fingerprint density at radius 2 is 1.45 bits per heavy atom. The lowest BCUT2D eigenvalue weighted by molar-refractivity contribution is 0.443. The molecule has 0 heterocycles. The van der Waals surface area contributed by atoms with E-state index in [9.17, 15) is 10.2 Å². The quantitative estimate of drug-likeness (QED) is 0.827. The molecule has 0 saturated carbocycles. The van der Waals surface area contributed by atoms with Gasteiger partial charge in [0.05, 0.1) is 0 Å². The van der Waals surface area contributed by atoms with Crippen molar-refractivity contribution in [3.63, 3.8) is 0 Å². The predicted molar refractivity (Wildman–Crippen MR) is 91.9 cm³/mol. The smallest absolute Gasteiger partial charge is 0.122 e. The summed E-state index contributed by atoms with van der Waals surface area (Å²) >= 11 is 0. The maximum absolute atomic E-state index is 10.4. The molecule has 0 saturated heterocycles. The molecule has 118 valence electrons. The van der Waals surface area contributed by atoms with Crippen molar-refractivity contribution in [3.8, 4) is 11.5 Å². The van der Waals surface area contributed by atoms with E-state index in [1.807, 2.05) is 32.0 Å². The number of hydrogen-bond donors (Lipinski definition) is 2. The van der Waals surface area contributed by atoms with Crippen molar-refractivity contribution >= 4 is 0 Å². The van der Waals surface area contributed by atoms with Crippen LogP contribution in [0.1, 0.15) is 54.2 Å². The van der Waals surface area contributed by atoms with Crippen LogP contribution < -0.4 is 0 Å². The zero-order valence-corrected chi connectivity index (χ0v) is 14.4. The SMILES string of the molecule is Cc1ccc(Cc2c(C)ccc(O)c2C(C)(C)C)c(O)c1C. The van der Waals surface area contributed by atoms with Crippen LogP contribution in [0.15, 0.2) is 24.3 Å². The summed E-state index contributed by atoms with van der Waals surface area (Å²) < 4.78 is 0. The first-order chi connectivity index (χ1) is 10.1. The zero-order chi connectivity index (χ0) is 16.7. The fourth-order valence-corrected chi connectivity index (χ4v) is 2.99. The highest BCUT2D eigenvalue weighted by Crippen LogP contribution is 2.38. The van der Waals surface area contributed by atoms with Gasteiger partial charge in [0, 0.05) is 12.0 Å². The minimum absolute atomic E-state index is 0.152. The molecule has 0 aliphatic rings. The zero-order valence-electron chi connectivity index (χ0n) is 14.4. The molecule has 2 nitrogen and oxygen atoms in total. The third-order valence-electron chi connectivity index (χ3n) is 4.43. The van der Waals surface area contributed by atoms with Gasteiger partial charge in [-0.05, 0) is 60.1 Å². The second kappa shape index (κ2) is 5.68. The largest absolute Gasteiger partial charge is 0.508 e. The molecule has 0 radical (unpaired) electrons. The fraction of sp³-hybridized carbons (Fsp3) is 0.400. The third kappa shape index (κ3) is 2.96. The Kier molecular flexibility index (Phi) is 4.23. The fourth-order valence-electron chi connectivity index (χ4n) is 2.99. The Bertz CT molecular complexity index is 707. The molecule has 0 aliphatic heterocycles. The summed E-state index contributed by atoms with van der Waals surface area (Å²) in [5, 5.41) is 20.8. The minimum atomic E-state index is -0.152. The van der Waals surface area contributed by atoms with Crippen LogP contribution >= 0.6 is 0 Å². The Labute approximate surface area is 133 Å². The monoisotopic (exact) mass is 298 g/mol. The van der Waals surface area contributed by atoms with Gasteiger partial charge in [-0.15, -0.1) is 0 Å². The van der Waals surface area contributed by atoms with Crippen molar-refractivity contribution in [2.45, 2.75) is 53.4 Å². The minimum Gasteiger partial charge on any atom is -0.508 e. The van der Waals surface area contributed by atoms with Gasteiger partial charge in [-0.25, -0.2) is 0 Å². The number of phenols is 2. The van der Waals surface area contributed by atoms with E-state index in [2.05, 4.69) is 27.7 Å². The van der Waals surface area contributed by atoms with Crippen LogP contribution in [0.25, 0.3) is 0 Å². The van der Waals surface area contributed by atoms with Crippen molar-refractivity contribution in [1.29, 1.82) is 0 Å². The lowest BCUT2D eigenvalue weighted by atomic mass is 9.79. The van der Waals surface area contributed by atoms with E-state index in [1.165, 1.54) is 0 Å². The molecule has 0 aromatic heterocycles. The van der Waals surface area contributed by atoms with Gasteiger partial charge in [0.1, 0.15) is 11.5 Å². The molecule has 2 heteroatoms. The lowest BCUT2D eigenvalue weighted by Crippen LogP contribution is -2.16. The first-order valence-electron chi connectivity index (χ1n) is 7.73. The van der Waals surface area contributed by atoms with E-state index >= 15 is 0 Å². The average Bonchev–Trinajstić information content (AvgIpc) is 2.42. The Morgan fingerprint density at radius 1 is 0.864 bits per heavy atom. The molecule has 0 unspecified atom stereocenters. The number of hydrogen-bond acceptors (Lipinski definition) is 2. The van der Waals surface area contributed by atoms with E-state index in [-0.39, 0.29) is 5.41 Å². The molecule has 0 aliphatic carbocycles. The highest BCUT2D eigenvalue weighted by Gasteiger charge is 2.24. The van der Waals surface area contributed by atoms with Crippen LogP contribution in [0.2, 0.25) is 0 Å². The molecule has 0 fully saturated rings. The summed E-state index contributed by atoms with van der Waals surface area (Å²) in [4.78, 5) is 0. The number of rotatable bonds is 2. The van der Waals surface area contributed by atoms with Gasteiger partial charge in [-0.3, -0.25) is 0 Å². The highest BCUT2D eigenvalue weighted by molar-refractivity contribution is 5.53. The van der Waals surface area contributed by atoms with Crippen LogP contribution in [0, 0.1) is 20.8 Å². The average molecular weight is 298 g/mol. The summed E-state index contributed by atoms with van der Waals surface area (Å²) in [5.41, 5.74) is 5.97. The summed E-state index contributed by atoms with van der Waals surface area (Å²) in [6.07, 6.45) is 0.625. The molecule has 0 bridgehead atoms. The molecule has 2 rings (SSSR count). The van der Waals surface area contributed by atoms with E-state index in [4.69, 9.17) is 0 Å². The van der Waals surface area contributed by atoms with Crippen LogP contribution in [-0.4, -0.2) is 10.2 Å².